The molecule has 2 aliphatic rings. The van der Waals surface area contributed by atoms with Gasteiger partial charge < -0.3 is 15.3 Å². The van der Waals surface area contributed by atoms with E-state index < -0.39 is 29.2 Å². The van der Waals surface area contributed by atoms with Crippen LogP contribution in [0.25, 0.3) is 0 Å². The van der Waals surface area contributed by atoms with Crippen LogP contribution >= 0.6 is 0 Å². The summed E-state index contributed by atoms with van der Waals surface area (Å²) >= 11 is 0. The number of aliphatic hydroxyl groups excluding tert-OH is 1. The van der Waals surface area contributed by atoms with Gasteiger partial charge in [-0.05, 0) is 37.6 Å². The molecule has 2 atom stereocenters. The molecule has 1 spiro atoms. The van der Waals surface area contributed by atoms with Crippen LogP contribution in [0.4, 0.5) is 14.5 Å². The number of amides is 1. The van der Waals surface area contributed by atoms with E-state index in [1.165, 1.54) is 11.0 Å². The number of aliphatic hydroxyl groups is 1. The lowest BCUT2D eigenvalue weighted by Gasteiger charge is -2.36. The highest BCUT2D eigenvalue weighted by molar-refractivity contribution is 6.09. The predicted octanol–water partition coefficient (Wildman–Crippen LogP) is 3.83. The number of carbonyl (C=O) groups is 1. The lowest BCUT2D eigenvalue weighted by Crippen LogP contribution is -2.47. The van der Waals surface area contributed by atoms with Crippen molar-refractivity contribution in [3.8, 4) is 0 Å². The van der Waals surface area contributed by atoms with E-state index in [4.69, 9.17) is 0 Å². The number of rotatable bonds is 5. The lowest BCUT2D eigenvalue weighted by atomic mass is 9.70. The number of anilines is 1. The van der Waals surface area contributed by atoms with Crippen LogP contribution in [0.2, 0.25) is 0 Å². The first-order valence-corrected chi connectivity index (χ1v) is 10.2. The molecule has 0 unspecified atom stereocenters. The lowest BCUT2D eigenvalue weighted by molar-refractivity contribution is -0.125. The number of hydrogen-bond acceptors (Lipinski definition) is 3. The van der Waals surface area contributed by atoms with Crippen LogP contribution < -0.4 is 10.2 Å². The molecular weight excluding hydrogens is 374 g/mol. The topological polar surface area (TPSA) is 52.6 Å². The van der Waals surface area contributed by atoms with Gasteiger partial charge in [0.15, 0.2) is 11.6 Å². The Morgan fingerprint density at radius 3 is 2.45 bits per heavy atom. The molecule has 2 N–H and O–H groups in total. The van der Waals surface area contributed by atoms with E-state index in [-0.39, 0.29) is 18.0 Å². The monoisotopic (exact) mass is 400 g/mol. The molecular formula is C23H26F2N2O2. The third-order valence-electron chi connectivity index (χ3n) is 6.34. The van der Waals surface area contributed by atoms with E-state index in [2.05, 4.69) is 5.32 Å². The molecule has 4 nitrogen and oxygen atoms in total. The van der Waals surface area contributed by atoms with Crippen molar-refractivity contribution in [2.24, 2.45) is 0 Å². The summed E-state index contributed by atoms with van der Waals surface area (Å²) in [5.74, 6) is -2.11. The molecule has 6 heteroatoms. The van der Waals surface area contributed by atoms with Crippen molar-refractivity contribution in [2.45, 2.75) is 49.7 Å². The number of likely N-dealkylation sites (N-methyl/N-ethyl adjacent to an activating group) is 1. The average Bonchev–Trinajstić information content (AvgIpc) is 2.96. The highest BCUT2D eigenvalue weighted by Crippen LogP contribution is 2.54. The van der Waals surface area contributed by atoms with Gasteiger partial charge in [0.25, 0.3) is 0 Å². The summed E-state index contributed by atoms with van der Waals surface area (Å²) in [6.07, 6.45) is 2.66. The first kappa shape index (κ1) is 20.0. The number of nitrogens with one attached hydrogen (secondary N) is 1. The molecule has 29 heavy (non-hydrogen) atoms. The van der Waals surface area contributed by atoms with Crippen molar-refractivity contribution in [1.29, 1.82) is 0 Å². The van der Waals surface area contributed by atoms with E-state index >= 15 is 4.39 Å². The molecule has 0 radical (unpaired) electrons. The number of fused-ring (bicyclic) bond motifs is 2. The van der Waals surface area contributed by atoms with Gasteiger partial charge >= 0.3 is 0 Å². The van der Waals surface area contributed by atoms with E-state index in [1.807, 2.05) is 30.3 Å². The van der Waals surface area contributed by atoms with Crippen LogP contribution in [0, 0.1) is 11.6 Å². The van der Waals surface area contributed by atoms with Crippen LogP contribution in [-0.2, 0) is 10.2 Å². The highest BCUT2D eigenvalue weighted by atomic mass is 19.2. The van der Waals surface area contributed by atoms with Crippen molar-refractivity contribution < 1.29 is 18.7 Å². The fourth-order valence-electron chi connectivity index (χ4n) is 5.05. The highest BCUT2D eigenvalue weighted by Gasteiger charge is 2.55. The maximum Gasteiger partial charge on any atom is 0.238 e. The summed E-state index contributed by atoms with van der Waals surface area (Å²) in [7, 11) is 1.72. The summed E-state index contributed by atoms with van der Waals surface area (Å²) in [4.78, 5) is 15.3. The van der Waals surface area contributed by atoms with Gasteiger partial charge in [-0.2, -0.15) is 0 Å². The molecule has 1 amide bonds. The molecule has 0 aromatic heterocycles. The van der Waals surface area contributed by atoms with Crippen LogP contribution in [0.5, 0.6) is 0 Å². The smallest absolute Gasteiger partial charge is 0.238 e. The van der Waals surface area contributed by atoms with Crippen molar-refractivity contribution in [3.63, 3.8) is 0 Å². The summed E-state index contributed by atoms with van der Waals surface area (Å²) in [5, 5.41) is 13.9. The Hall–Kier alpha value is -2.31. The minimum absolute atomic E-state index is 0.166. The molecule has 1 saturated carbocycles. The van der Waals surface area contributed by atoms with Gasteiger partial charge in [0.05, 0.1) is 23.2 Å². The first-order chi connectivity index (χ1) is 14.0. The summed E-state index contributed by atoms with van der Waals surface area (Å²) in [5.41, 5.74) is 0.248. The zero-order valence-corrected chi connectivity index (χ0v) is 16.5. The second-order valence-corrected chi connectivity index (χ2v) is 8.05. The summed E-state index contributed by atoms with van der Waals surface area (Å²) < 4.78 is 29.3. The number of benzene rings is 2. The summed E-state index contributed by atoms with van der Waals surface area (Å²) in [6, 6.07) is 11.1. The van der Waals surface area contributed by atoms with E-state index in [0.717, 1.165) is 30.9 Å². The van der Waals surface area contributed by atoms with Crippen LogP contribution in [-0.4, -0.2) is 30.7 Å². The number of halogens is 2. The third kappa shape index (κ3) is 3.15. The summed E-state index contributed by atoms with van der Waals surface area (Å²) in [6.45, 7) is 0.259. The minimum Gasteiger partial charge on any atom is -0.389 e. The predicted molar refractivity (Wildman–Crippen MR) is 108 cm³/mol. The molecule has 0 saturated heterocycles. The standard InChI is InChI=1S/C23H26F2N2O2/c1-26-14-18(28)21(15-8-4-2-5-9-15)27-17-11-10-16(24)20(25)19(17)23(22(27)29)12-6-3-7-13-23/h2,4-5,8-11,18,21,26,28H,3,6-7,12-14H2,1H3/t18-,21+/m1/s1. The second kappa shape index (κ2) is 7.84. The molecule has 4 rings (SSSR count). The normalized spacial score (nSPS) is 20.0. The fourth-order valence-corrected chi connectivity index (χ4v) is 5.05. The van der Waals surface area contributed by atoms with Gasteiger partial charge in [-0.1, -0.05) is 49.6 Å². The molecule has 154 valence electrons. The Labute approximate surface area is 169 Å². The Bertz CT molecular complexity index is 897. The largest absolute Gasteiger partial charge is 0.389 e. The van der Waals surface area contributed by atoms with Crippen LogP contribution in [0.3, 0.4) is 0 Å². The fraction of sp³-hybridized carbons (Fsp3) is 0.435. The van der Waals surface area contributed by atoms with Crippen molar-refractivity contribution in [1.82, 2.24) is 5.32 Å². The first-order valence-electron chi connectivity index (χ1n) is 10.2. The zero-order chi connectivity index (χ0) is 20.6. The Morgan fingerprint density at radius 1 is 1.10 bits per heavy atom. The van der Waals surface area contributed by atoms with E-state index in [1.54, 1.807) is 7.05 Å². The Balaban J connectivity index is 1.91. The molecule has 0 bridgehead atoms. The molecule has 1 aliphatic carbocycles. The van der Waals surface area contributed by atoms with Gasteiger partial charge in [-0.25, -0.2) is 8.78 Å². The molecule has 1 heterocycles. The number of nitrogens with zero attached hydrogens (tertiary/aromatic N) is 1. The van der Waals surface area contributed by atoms with Crippen molar-refractivity contribution in [2.75, 3.05) is 18.5 Å². The number of hydrogen-bond donors (Lipinski definition) is 2. The third-order valence-corrected chi connectivity index (χ3v) is 6.34. The van der Waals surface area contributed by atoms with Crippen LogP contribution in [0.15, 0.2) is 42.5 Å². The minimum atomic E-state index is -1.05. The zero-order valence-electron chi connectivity index (χ0n) is 16.5. The quantitative estimate of drug-likeness (QED) is 0.802. The van der Waals surface area contributed by atoms with Gasteiger partial charge in [0.2, 0.25) is 5.91 Å². The van der Waals surface area contributed by atoms with Gasteiger partial charge in [-0.3, -0.25) is 4.79 Å². The second-order valence-electron chi connectivity index (χ2n) is 8.05. The van der Waals surface area contributed by atoms with Gasteiger partial charge in [0.1, 0.15) is 0 Å². The SMILES string of the molecule is CNC[C@@H](O)[C@H](c1ccccc1)N1C(=O)C2(CCCCC2)c2c1ccc(F)c2F. The average molecular weight is 400 g/mol. The van der Waals surface area contributed by atoms with Crippen LogP contribution in [0.1, 0.15) is 49.3 Å². The molecule has 1 aliphatic heterocycles. The number of carbonyl (C=O) groups excluding carboxylic acids is 1. The Morgan fingerprint density at radius 2 is 1.79 bits per heavy atom. The van der Waals surface area contributed by atoms with Crippen molar-refractivity contribution >= 4 is 11.6 Å². The maximum atomic E-state index is 15.1. The van der Waals surface area contributed by atoms with Crippen molar-refractivity contribution in [3.05, 3.63) is 65.2 Å². The Kier molecular flexibility index (Phi) is 5.40. The van der Waals surface area contributed by atoms with E-state index in [9.17, 15) is 14.3 Å². The van der Waals surface area contributed by atoms with E-state index in [0.29, 0.717) is 18.5 Å². The maximum absolute atomic E-state index is 15.1. The van der Waals surface area contributed by atoms with Gasteiger partial charge in [-0.15, -0.1) is 0 Å². The van der Waals surface area contributed by atoms with Gasteiger partial charge in [0, 0.05) is 12.1 Å². The molecule has 2 aromatic carbocycles. The molecule has 1 fully saturated rings. The molecule has 2 aromatic rings.